The van der Waals surface area contributed by atoms with E-state index < -0.39 is 0 Å². The molecular weight excluding hydrogens is 227 g/mol. The monoisotopic (exact) mass is 252 g/mol. The maximum absolute atomic E-state index is 13.7. The lowest BCUT2D eigenvalue weighted by molar-refractivity contribution is 0.183. The molecule has 0 amide bonds. The molecule has 0 spiro atoms. The van der Waals surface area contributed by atoms with Gasteiger partial charge in [-0.25, -0.2) is 4.39 Å². The van der Waals surface area contributed by atoms with Gasteiger partial charge in [0.1, 0.15) is 5.82 Å². The lowest BCUT2D eigenvalue weighted by atomic mass is 10.0. The van der Waals surface area contributed by atoms with E-state index in [1.165, 1.54) is 6.07 Å². The number of hydrogen-bond donors (Lipinski definition) is 1. The van der Waals surface area contributed by atoms with Crippen LogP contribution in [0.2, 0.25) is 0 Å². The largest absolute Gasteiger partial charge is 0.320 e. The van der Waals surface area contributed by atoms with Crippen LogP contribution in [0.5, 0.6) is 0 Å². The van der Waals surface area contributed by atoms with Crippen molar-refractivity contribution in [2.24, 2.45) is 0 Å². The van der Waals surface area contributed by atoms with Crippen LogP contribution in [-0.2, 0) is 0 Å². The van der Waals surface area contributed by atoms with Crippen LogP contribution in [0.25, 0.3) is 0 Å². The van der Waals surface area contributed by atoms with E-state index in [9.17, 15) is 4.39 Å². The quantitative estimate of drug-likeness (QED) is 0.750. The highest BCUT2D eigenvalue weighted by Gasteiger charge is 2.19. The standard InChI is InChI=1S/C15H25FN2/c1-12(8-7-11-17-3)18(4)13(2)14-9-5-6-10-15(14)16/h5-6,9-10,12-13,17H,7-8,11H2,1-4H3. The van der Waals surface area contributed by atoms with Crippen LogP contribution in [0.3, 0.4) is 0 Å². The molecule has 2 unspecified atom stereocenters. The number of hydrogen-bond acceptors (Lipinski definition) is 2. The minimum Gasteiger partial charge on any atom is -0.320 e. The molecule has 0 bridgehead atoms. The van der Waals surface area contributed by atoms with Gasteiger partial charge in [0.05, 0.1) is 0 Å². The Morgan fingerprint density at radius 2 is 1.94 bits per heavy atom. The fourth-order valence-corrected chi connectivity index (χ4v) is 2.19. The van der Waals surface area contributed by atoms with Gasteiger partial charge in [-0.2, -0.15) is 0 Å². The zero-order chi connectivity index (χ0) is 13.5. The van der Waals surface area contributed by atoms with Crippen LogP contribution < -0.4 is 5.32 Å². The third-order valence-electron chi connectivity index (χ3n) is 3.71. The van der Waals surface area contributed by atoms with E-state index in [0.717, 1.165) is 24.9 Å². The van der Waals surface area contributed by atoms with Gasteiger partial charge in [0, 0.05) is 17.6 Å². The van der Waals surface area contributed by atoms with E-state index in [2.05, 4.69) is 31.1 Å². The van der Waals surface area contributed by atoms with Gasteiger partial charge >= 0.3 is 0 Å². The normalized spacial score (nSPS) is 14.8. The van der Waals surface area contributed by atoms with Crippen molar-refractivity contribution in [3.8, 4) is 0 Å². The molecule has 0 aliphatic rings. The van der Waals surface area contributed by atoms with Crippen LogP contribution in [0.15, 0.2) is 24.3 Å². The van der Waals surface area contributed by atoms with Gasteiger partial charge in [-0.3, -0.25) is 4.90 Å². The van der Waals surface area contributed by atoms with Crippen LogP contribution in [0.4, 0.5) is 4.39 Å². The summed E-state index contributed by atoms with van der Waals surface area (Å²) in [7, 11) is 4.04. The Balaban J connectivity index is 2.60. The minimum absolute atomic E-state index is 0.107. The number of nitrogens with one attached hydrogen (secondary N) is 1. The molecule has 2 atom stereocenters. The highest BCUT2D eigenvalue weighted by atomic mass is 19.1. The minimum atomic E-state index is -0.112. The second-order valence-corrected chi connectivity index (χ2v) is 4.96. The molecule has 1 aromatic carbocycles. The van der Waals surface area contributed by atoms with E-state index in [1.54, 1.807) is 6.07 Å². The lowest BCUT2D eigenvalue weighted by Crippen LogP contribution is -2.32. The summed E-state index contributed by atoms with van der Waals surface area (Å²) < 4.78 is 13.7. The summed E-state index contributed by atoms with van der Waals surface area (Å²) in [6.07, 6.45) is 2.27. The maximum atomic E-state index is 13.7. The summed E-state index contributed by atoms with van der Waals surface area (Å²) in [6, 6.07) is 7.60. The lowest BCUT2D eigenvalue weighted by Gasteiger charge is -2.31. The van der Waals surface area contributed by atoms with Crippen molar-refractivity contribution >= 4 is 0 Å². The van der Waals surface area contributed by atoms with E-state index in [1.807, 2.05) is 19.2 Å². The topological polar surface area (TPSA) is 15.3 Å². The van der Waals surface area contributed by atoms with Crippen molar-refractivity contribution in [1.29, 1.82) is 0 Å². The fraction of sp³-hybridized carbons (Fsp3) is 0.600. The highest BCUT2D eigenvalue weighted by Crippen LogP contribution is 2.24. The van der Waals surface area contributed by atoms with Crippen molar-refractivity contribution in [3.05, 3.63) is 35.6 Å². The second-order valence-electron chi connectivity index (χ2n) is 4.96. The number of benzene rings is 1. The van der Waals surface area contributed by atoms with Crippen molar-refractivity contribution in [1.82, 2.24) is 10.2 Å². The maximum Gasteiger partial charge on any atom is 0.127 e. The Hall–Kier alpha value is -0.930. The van der Waals surface area contributed by atoms with E-state index in [-0.39, 0.29) is 11.9 Å². The molecule has 0 aliphatic carbocycles. The average Bonchev–Trinajstić information content (AvgIpc) is 2.38. The summed E-state index contributed by atoms with van der Waals surface area (Å²) >= 11 is 0. The molecule has 3 heteroatoms. The third-order valence-corrected chi connectivity index (χ3v) is 3.71. The molecule has 0 saturated heterocycles. The van der Waals surface area contributed by atoms with Gasteiger partial charge in [-0.1, -0.05) is 18.2 Å². The van der Waals surface area contributed by atoms with Crippen LogP contribution in [0, 0.1) is 5.82 Å². The highest BCUT2D eigenvalue weighted by molar-refractivity contribution is 5.20. The van der Waals surface area contributed by atoms with Gasteiger partial charge in [-0.05, 0) is 53.4 Å². The zero-order valence-electron chi connectivity index (χ0n) is 11.9. The molecule has 0 heterocycles. The summed E-state index contributed by atoms with van der Waals surface area (Å²) in [6.45, 7) is 5.30. The van der Waals surface area contributed by atoms with Gasteiger partial charge in [0.15, 0.2) is 0 Å². The summed E-state index contributed by atoms with van der Waals surface area (Å²) in [5, 5.41) is 3.15. The molecule has 0 saturated carbocycles. The number of rotatable bonds is 7. The first-order valence-electron chi connectivity index (χ1n) is 6.69. The Labute approximate surface area is 110 Å². The fourth-order valence-electron chi connectivity index (χ4n) is 2.19. The molecule has 1 N–H and O–H groups in total. The molecule has 0 radical (unpaired) electrons. The first-order chi connectivity index (χ1) is 8.57. The second kappa shape index (κ2) is 7.49. The number of nitrogens with zero attached hydrogens (tertiary/aromatic N) is 1. The molecular formula is C15H25FN2. The van der Waals surface area contributed by atoms with E-state index in [0.29, 0.717) is 6.04 Å². The first-order valence-corrected chi connectivity index (χ1v) is 6.69. The average molecular weight is 252 g/mol. The van der Waals surface area contributed by atoms with Gasteiger partial charge in [-0.15, -0.1) is 0 Å². The van der Waals surface area contributed by atoms with Crippen molar-refractivity contribution in [3.63, 3.8) is 0 Å². The molecule has 1 rings (SSSR count). The van der Waals surface area contributed by atoms with Gasteiger partial charge in [0.2, 0.25) is 0 Å². The molecule has 102 valence electrons. The Kier molecular flexibility index (Phi) is 6.30. The van der Waals surface area contributed by atoms with Crippen molar-refractivity contribution in [2.45, 2.75) is 38.8 Å². The molecule has 0 aliphatic heterocycles. The third kappa shape index (κ3) is 4.07. The Bertz CT molecular complexity index is 354. The van der Waals surface area contributed by atoms with Crippen LogP contribution in [0.1, 0.15) is 38.3 Å². The zero-order valence-corrected chi connectivity index (χ0v) is 11.9. The van der Waals surface area contributed by atoms with E-state index >= 15 is 0 Å². The van der Waals surface area contributed by atoms with Crippen LogP contribution >= 0.6 is 0 Å². The summed E-state index contributed by atoms with van der Waals surface area (Å²) in [5.41, 5.74) is 0.778. The molecule has 2 nitrogen and oxygen atoms in total. The summed E-state index contributed by atoms with van der Waals surface area (Å²) in [5.74, 6) is -0.112. The van der Waals surface area contributed by atoms with E-state index in [4.69, 9.17) is 0 Å². The Morgan fingerprint density at radius 1 is 1.28 bits per heavy atom. The smallest absolute Gasteiger partial charge is 0.127 e. The molecule has 18 heavy (non-hydrogen) atoms. The van der Waals surface area contributed by atoms with Gasteiger partial charge < -0.3 is 5.32 Å². The molecule has 0 fully saturated rings. The number of halogens is 1. The van der Waals surface area contributed by atoms with Crippen molar-refractivity contribution in [2.75, 3.05) is 20.6 Å². The molecule has 0 aromatic heterocycles. The summed E-state index contributed by atoms with van der Waals surface area (Å²) in [4.78, 5) is 2.24. The van der Waals surface area contributed by atoms with Crippen LogP contribution in [-0.4, -0.2) is 31.6 Å². The predicted molar refractivity (Wildman–Crippen MR) is 75.2 cm³/mol. The Morgan fingerprint density at radius 3 is 2.56 bits per heavy atom. The van der Waals surface area contributed by atoms with Gasteiger partial charge in [0.25, 0.3) is 0 Å². The first kappa shape index (κ1) is 15.1. The molecule has 1 aromatic rings. The van der Waals surface area contributed by atoms with Crippen molar-refractivity contribution < 1.29 is 4.39 Å². The predicted octanol–water partition coefficient (Wildman–Crippen LogP) is 3.21. The SMILES string of the molecule is CNCCCC(C)N(C)C(C)c1ccccc1F.